The minimum Gasteiger partial charge on any atom is -0.496 e. The van der Waals surface area contributed by atoms with Crippen molar-refractivity contribution in [3.05, 3.63) is 84.2 Å². The van der Waals surface area contributed by atoms with Crippen LogP contribution < -0.4 is 24.4 Å². The van der Waals surface area contributed by atoms with Gasteiger partial charge in [0, 0.05) is 92.1 Å². The average Bonchev–Trinajstić information content (AvgIpc) is 3.70. The molecule has 2 N–H and O–H groups in total. The molecule has 3 amide bonds. The number of H-pyrrole nitrogens is 1. The van der Waals surface area contributed by atoms with Crippen molar-refractivity contribution in [1.82, 2.24) is 24.7 Å². The van der Waals surface area contributed by atoms with Crippen LogP contribution in [0.25, 0.3) is 22.5 Å². The number of likely N-dealkylation sites (N-methyl/N-ethyl adjacent to an activating group) is 1. The van der Waals surface area contributed by atoms with Gasteiger partial charge in [0.15, 0.2) is 0 Å². The summed E-state index contributed by atoms with van der Waals surface area (Å²) in [7, 11) is 6.85. The monoisotopic (exact) mass is 805 g/mol. The second-order valence-electron chi connectivity index (χ2n) is 16.6. The number of carbonyl (C=O) groups is 3. The Morgan fingerprint density at radius 2 is 1.66 bits per heavy atom. The number of nitrogens with one attached hydrogen (secondary N) is 2. The summed E-state index contributed by atoms with van der Waals surface area (Å²) in [4.78, 5) is 57.4. The number of amides is 3. The fourth-order valence-electron chi connectivity index (χ4n) is 8.44. The van der Waals surface area contributed by atoms with Gasteiger partial charge in [-0.15, -0.1) is 0 Å². The number of aromatic nitrogens is 2. The zero-order valence-corrected chi connectivity index (χ0v) is 35.1. The molecule has 5 heterocycles. The van der Waals surface area contributed by atoms with E-state index in [1.807, 2.05) is 62.1 Å². The number of aromatic amines is 1. The second kappa shape index (κ2) is 16.7. The summed E-state index contributed by atoms with van der Waals surface area (Å²) >= 11 is 0. The number of piperazine rings is 1. The van der Waals surface area contributed by atoms with Gasteiger partial charge >= 0.3 is 6.09 Å². The first-order chi connectivity index (χ1) is 28.2. The van der Waals surface area contributed by atoms with Crippen molar-refractivity contribution in [2.75, 3.05) is 84.4 Å². The SMILES string of the molecule is C=CC(=O)Nc1cc(-c2cc(-c3cc4c([nH]3)C3(CCCN(C(=O)OC(C)(C)C)C3)CN(Cc3c(OC)cc(OC)cc3OC)C4=O)ccn2)ccc1N1CCN(C)CC1. The fraction of sp³-hybridized carbons (Fsp3) is 0.422. The van der Waals surface area contributed by atoms with Gasteiger partial charge < -0.3 is 48.8 Å². The van der Waals surface area contributed by atoms with Gasteiger partial charge in [0.1, 0.15) is 22.8 Å². The van der Waals surface area contributed by atoms with E-state index < -0.39 is 11.0 Å². The summed E-state index contributed by atoms with van der Waals surface area (Å²) in [6, 6.07) is 15.4. The van der Waals surface area contributed by atoms with Gasteiger partial charge in [0.25, 0.3) is 5.91 Å². The van der Waals surface area contributed by atoms with Gasteiger partial charge in [-0.3, -0.25) is 14.6 Å². The summed E-state index contributed by atoms with van der Waals surface area (Å²) in [5.74, 6) is 1.20. The van der Waals surface area contributed by atoms with E-state index in [9.17, 15) is 14.4 Å². The zero-order valence-electron chi connectivity index (χ0n) is 35.1. The van der Waals surface area contributed by atoms with Crippen LogP contribution in [0.4, 0.5) is 16.2 Å². The largest absolute Gasteiger partial charge is 0.496 e. The molecule has 59 heavy (non-hydrogen) atoms. The van der Waals surface area contributed by atoms with Crippen LogP contribution in [0.5, 0.6) is 17.2 Å². The highest BCUT2D eigenvalue weighted by atomic mass is 16.6. The molecule has 1 spiro atoms. The third-order valence-corrected chi connectivity index (χ3v) is 11.4. The van der Waals surface area contributed by atoms with Crippen LogP contribution in [0.15, 0.2) is 67.4 Å². The van der Waals surface area contributed by atoms with Gasteiger partial charge in [-0.05, 0) is 77.1 Å². The molecule has 0 saturated carbocycles. The Morgan fingerprint density at radius 1 is 0.932 bits per heavy atom. The number of fused-ring (bicyclic) bond motifs is 2. The molecule has 2 saturated heterocycles. The molecule has 3 aliphatic rings. The third-order valence-electron chi connectivity index (χ3n) is 11.4. The van der Waals surface area contributed by atoms with Crippen molar-refractivity contribution < 1.29 is 33.3 Å². The molecule has 2 aromatic carbocycles. The summed E-state index contributed by atoms with van der Waals surface area (Å²) in [6.45, 7) is 14.2. The van der Waals surface area contributed by atoms with Crippen LogP contribution in [-0.4, -0.2) is 122 Å². The smallest absolute Gasteiger partial charge is 0.410 e. The number of piperidine rings is 1. The maximum absolute atomic E-state index is 14.7. The molecule has 3 aliphatic heterocycles. The molecule has 4 aromatic rings. The van der Waals surface area contributed by atoms with Crippen molar-refractivity contribution in [1.29, 1.82) is 0 Å². The summed E-state index contributed by atoms with van der Waals surface area (Å²) in [5, 5.41) is 3.01. The Morgan fingerprint density at radius 3 is 2.32 bits per heavy atom. The quantitative estimate of drug-likeness (QED) is 0.169. The van der Waals surface area contributed by atoms with Crippen LogP contribution >= 0.6 is 0 Å². The van der Waals surface area contributed by atoms with E-state index in [-0.39, 0.29) is 24.5 Å². The molecule has 0 aliphatic carbocycles. The first kappa shape index (κ1) is 41.2. The Hall–Kier alpha value is -6.02. The third kappa shape index (κ3) is 8.59. The second-order valence-corrected chi connectivity index (χ2v) is 16.6. The molecule has 14 nitrogen and oxygen atoms in total. The number of benzene rings is 2. The van der Waals surface area contributed by atoms with Crippen LogP contribution in [0.1, 0.15) is 55.2 Å². The standard InChI is InChI=1S/C45H55N7O7/c1-9-40(53)47-36-22-29(11-12-37(36)50-19-17-49(5)18-20-50)34-21-30(13-15-46-34)35-25-32-41(48-35)45(14-10-16-51(27-45)43(55)59-44(2,3)4)28-52(42(32)54)26-33-38(57-7)23-31(56-6)24-39(33)58-8/h9,11-13,15,21-25,48H,1,10,14,16-20,26-28H2,2-8H3,(H,47,53). The molecule has 2 aromatic heterocycles. The number of ether oxygens (including phenoxy) is 4. The first-order valence-corrected chi connectivity index (χ1v) is 20.0. The van der Waals surface area contributed by atoms with Gasteiger partial charge in [0.05, 0.1) is 56.1 Å². The van der Waals surface area contributed by atoms with E-state index in [2.05, 4.69) is 33.7 Å². The number of anilines is 2. The number of likely N-dealkylation sites (tertiary alicyclic amines) is 1. The maximum atomic E-state index is 14.7. The number of hydrogen-bond acceptors (Lipinski definition) is 10. The minimum atomic E-state index is -0.662. The van der Waals surface area contributed by atoms with E-state index >= 15 is 0 Å². The Bertz CT molecular complexity index is 2210. The van der Waals surface area contributed by atoms with Crippen molar-refractivity contribution in [2.24, 2.45) is 0 Å². The van der Waals surface area contributed by atoms with Crippen molar-refractivity contribution >= 4 is 29.3 Å². The lowest BCUT2D eigenvalue weighted by molar-refractivity contribution is -0.111. The van der Waals surface area contributed by atoms with Crippen molar-refractivity contribution in [3.8, 4) is 39.8 Å². The normalized spacial score (nSPS) is 18.4. The number of methoxy groups -OCH3 is 3. The number of rotatable bonds is 10. The lowest BCUT2D eigenvalue weighted by Crippen LogP contribution is -2.58. The van der Waals surface area contributed by atoms with Gasteiger partial charge in [-0.2, -0.15) is 0 Å². The molecular weight excluding hydrogens is 751 g/mol. The Labute approximate surface area is 346 Å². The Balaban J connectivity index is 1.27. The summed E-state index contributed by atoms with van der Waals surface area (Å²) in [6.07, 6.45) is 4.09. The molecule has 312 valence electrons. The fourth-order valence-corrected chi connectivity index (χ4v) is 8.44. The van der Waals surface area contributed by atoms with Gasteiger partial charge in [-0.1, -0.05) is 12.6 Å². The van der Waals surface area contributed by atoms with E-state index in [0.29, 0.717) is 59.4 Å². The highest BCUT2D eigenvalue weighted by Crippen LogP contribution is 2.44. The highest BCUT2D eigenvalue weighted by molar-refractivity contribution is 6.02. The average molecular weight is 806 g/mol. The van der Waals surface area contributed by atoms with E-state index in [4.69, 9.17) is 23.9 Å². The molecule has 14 heteroatoms. The van der Waals surface area contributed by atoms with Gasteiger partial charge in [0.2, 0.25) is 5.91 Å². The number of pyridine rings is 1. The molecule has 1 unspecified atom stereocenters. The number of carbonyl (C=O) groups excluding carboxylic acids is 3. The van der Waals surface area contributed by atoms with Crippen molar-refractivity contribution in [3.63, 3.8) is 0 Å². The topological polar surface area (TPSA) is 142 Å². The molecule has 0 bridgehead atoms. The molecule has 2 fully saturated rings. The molecular formula is C45H55N7O7. The van der Waals surface area contributed by atoms with Gasteiger partial charge in [-0.25, -0.2) is 4.79 Å². The number of hydrogen-bond donors (Lipinski definition) is 2. The lowest BCUT2D eigenvalue weighted by Gasteiger charge is -2.47. The highest BCUT2D eigenvalue weighted by Gasteiger charge is 2.49. The van der Waals surface area contributed by atoms with E-state index in [1.165, 1.54) is 6.08 Å². The molecule has 7 rings (SSSR count). The zero-order chi connectivity index (χ0) is 42.1. The van der Waals surface area contributed by atoms with Crippen LogP contribution in [0.3, 0.4) is 0 Å². The summed E-state index contributed by atoms with van der Waals surface area (Å²) in [5.41, 5.74) is 5.47. The maximum Gasteiger partial charge on any atom is 0.410 e. The Kier molecular flexibility index (Phi) is 11.6. The number of nitrogens with zero attached hydrogens (tertiary/aromatic N) is 5. The molecule has 0 radical (unpaired) electrons. The minimum absolute atomic E-state index is 0.154. The first-order valence-electron chi connectivity index (χ1n) is 20.0. The van der Waals surface area contributed by atoms with Crippen molar-refractivity contribution in [2.45, 2.75) is 51.2 Å². The lowest BCUT2D eigenvalue weighted by atomic mass is 9.73. The molecule has 1 atom stereocenters. The van der Waals surface area contributed by atoms with Crippen LogP contribution in [-0.2, 0) is 21.5 Å². The van der Waals surface area contributed by atoms with Crippen LogP contribution in [0, 0.1) is 0 Å². The summed E-state index contributed by atoms with van der Waals surface area (Å²) < 4.78 is 22.9. The predicted molar refractivity (Wildman–Crippen MR) is 228 cm³/mol. The van der Waals surface area contributed by atoms with E-state index in [1.54, 1.807) is 44.6 Å². The predicted octanol–water partition coefficient (Wildman–Crippen LogP) is 6.57. The van der Waals surface area contributed by atoms with Crippen LogP contribution in [0.2, 0.25) is 0 Å². The van der Waals surface area contributed by atoms with E-state index in [0.717, 1.165) is 67.2 Å².